The number of nitrogen functional groups attached to an aromatic ring is 1. The number of benzene rings is 1. The predicted octanol–water partition coefficient (Wildman–Crippen LogP) is 0.589. The standard InChI is InChI=1S/C13H14F2N4O2/c1-19-11(16)10(12(20)18-13(19)21)17-3-2-7-4-8(14)6-9(15)5-7/h4-6,17H,2-3,16H2,1H3,(H,18,20,21). The molecule has 0 atom stereocenters. The minimum absolute atomic E-state index is 0.00540. The Morgan fingerprint density at radius 2 is 1.86 bits per heavy atom. The zero-order valence-electron chi connectivity index (χ0n) is 11.2. The second-order valence-corrected chi connectivity index (χ2v) is 4.53. The molecule has 1 aromatic heterocycles. The van der Waals surface area contributed by atoms with Gasteiger partial charge in [0, 0.05) is 19.7 Å². The van der Waals surface area contributed by atoms with E-state index in [1.165, 1.54) is 19.2 Å². The average molecular weight is 296 g/mol. The van der Waals surface area contributed by atoms with Gasteiger partial charge in [-0.15, -0.1) is 0 Å². The summed E-state index contributed by atoms with van der Waals surface area (Å²) in [6.07, 6.45) is 0.288. The summed E-state index contributed by atoms with van der Waals surface area (Å²) in [7, 11) is 1.42. The Bertz CT molecular complexity index is 762. The molecule has 0 aliphatic carbocycles. The molecule has 0 aliphatic rings. The summed E-state index contributed by atoms with van der Waals surface area (Å²) in [5.74, 6) is -1.33. The lowest BCUT2D eigenvalue weighted by molar-refractivity contribution is 0.580. The van der Waals surface area contributed by atoms with E-state index in [9.17, 15) is 18.4 Å². The molecule has 0 saturated carbocycles. The molecular formula is C13H14F2N4O2. The van der Waals surface area contributed by atoms with Crippen LogP contribution in [0.4, 0.5) is 20.3 Å². The van der Waals surface area contributed by atoms with E-state index in [4.69, 9.17) is 5.73 Å². The third-order valence-corrected chi connectivity index (χ3v) is 3.01. The first kappa shape index (κ1) is 14.8. The molecule has 1 heterocycles. The molecule has 0 amide bonds. The molecule has 4 N–H and O–H groups in total. The van der Waals surface area contributed by atoms with Crippen LogP contribution >= 0.6 is 0 Å². The van der Waals surface area contributed by atoms with Gasteiger partial charge < -0.3 is 11.1 Å². The average Bonchev–Trinajstić information content (AvgIpc) is 2.39. The van der Waals surface area contributed by atoms with Crippen molar-refractivity contribution in [3.05, 3.63) is 56.2 Å². The maximum atomic E-state index is 13.0. The Balaban J connectivity index is 2.12. The van der Waals surface area contributed by atoms with Crippen LogP contribution in [-0.2, 0) is 13.5 Å². The lowest BCUT2D eigenvalue weighted by Gasteiger charge is -2.10. The fourth-order valence-corrected chi connectivity index (χ4v) is 1.89. The lowest BCUT2D eigenvalue weighted by atomic mass is 10.1. The number of hydrogen-bond acceptors (Lipinski definition) is 4. The van der Waals surface area contributed by atoms with Gasteiger partial charge in [-0.3, -0.25) is 14.3 Å². The molecule has 21 heavy (non-hydrogen) atoms. The van der Waals surface area contributed by atoms with Crippen LogP contribution in [0.15, 0.2) is 27.8 Å². The van der Waals surface area contributed by atoms with Gasteiger partial charge >= 0.3 is 5.69 Å². The van der Waals surface area contributed by atoms with Crippen LogP contribution in [0.2, 0.25) is 0 Å². The Hall–Kier alpha value is -2.64. The monoisotopic (exact) mass is 296 g/mol. The summed E-state index contributed by atoms with van der Waals surface area (Å²) in [4.78, 5) is 25.0. The van der Waals surface area contributed by atoms with Crippen LogP contribution in [-0.4, -0.2) is 16.1 Å². The van der Waals surface area contributed by atoms with Gasteiger partial charge in [-0.05, 0) is 24.1 Å². The minimum atomic E-state index is -0.663. The number of nitrogens with zero attached hydrogens (tertiary/aromatic N) is 1. The first-order valence-corrected chi connectivity index (χ1v) is 6.16. The highest BCUT2D eigenvalue weighted by atomic mass is 19.1. The van der Waals surface area contributed by atoms with E-state index < -0.39 is 22.9 Å². The number of nitrogens with one attached hydrogen (secondary N) is 2. The molecule has 6 nitrogen and oxygen atoms in total. The van der Waals surface area contributed by atoms with E-state index in [0.717, 1.165) is 10.6 Å². The fourth-order valence-electron chi connectivity index (χ4n) is 1.89. The fraction of sp³-hybridized carbons (Fsp3) is 0.231. The van der Waals surface area contributed by atoms with Crippen LogP contribution in [0.5, 0.6) is 0 Å². The first-order valence-electron chi connectivity index (χ1n) is 6.16. The number of halogens is 2. The van der Waals surface area contributed by atoms with Crippen LogP contribution in [0.25, 0.3) is 0 Å². The molecule has 0 unspecified atom stereocenters. The Morgan fingerprint density at radius 3 is 2.48 bits per heavy atom. The highest BCUT2D eigenvalue weighted by molar-refractivity contribution is 5.60. The number of anilines is 2. The van der Waals surface area contributed by atoms with Gasteiger partial charge in [0.2, 0.25) is 0 Å². The van der Waals surface area contributed by atoms with E-state index in [2.05, 4.69) is 10.3 Å². The molecule has 0 radical (unpaired) electrons. The zero-order valence-corrected chi connectivity index (χ0v) is 11.2. The van der Waals surface area contributed by atoms with Crippen molar-refractivity contribution >= 4 is 11.5 Å². The summed E-state index contributed by atoms with van der Waals surface area (Å²) in [5, 5.41) is 2.76. The number of aromatic nitrogens is 2. The molecule has 112 valence electrons. The van der Waals surface area contributed by atoms with Crippen molar-refractivity contribution < 1.29 is 8.78 Å². The van der Waals surface area contributed by atoms with Crippen LogP contribution in [0.3, 0.4) is 0 Å². The SMILES string of the molecule is Cn1c(N)c(NCCc2cc(F)cc(F)c2)c(=O)[nH]c1=O. The first-order chi connectivity index (χ1) is 9.88. The Kier molecular flexibility index (Phi) is 4.06. The number of H-pyrrole nitrogens is 1. The van der Waals surface area contributed by atoms with Crippen molar-refractivity contribution in [1.29, 1.82) is 0 Å². The second kappa shape index (κ2) is 5.78. The lowest BCUT2D eigenvalue weighted by Crippen LogP contribution is -2.32. The highest BCUT2D eigenvalue weighted by Gasteiger charge is 2.09. The minimum Gasteiger partial charge on any atom is -0.383 e. The maximum absolute atomic E-state index is 13.0. The van der Waals surface area contributed by atoms with Gasteiger partial charge in [0.1, 0.15) is 23.1 Å². The Labute approximate surface area is 118 Å². The Morgan fingerprint density at radius 1 is 1.24 bits per heavy atom. The van der Waals surface area contributed by atoms with Gasteiger partial charge in [0.25, 0.3) is 5.56 Å². The van der Waals surface area contributed by atoms with E-state index >= 15 is 0 Å². The van der Waals surface area contributed by atoms with Crippen molar-refractivity contribution in [1.82, 2.24) is 9.55 Å². The van der Waals surface area contributed by atoms with E-state index in [1.807, 2.05) is 0 Å². The van der Waals surface area contributed by atoms with Crippen LogP contribution < -0.4 is 22.3 Å². The molecule has 2 rings (SSSR count). The smallest absolute Gasteiger partial charge is 0.329 e. The number of hydrogen-bond donors (Lipinski definition) is 3. The molecule has 2 aromatic rings. The third kappa shape index (κ3) is 3.28. The number of aromatic amines is 1. The molecular weight excluding hydrogens is 282 g/mol. The van der Waals surface area contributed by atoms with Crippen molar-refractivity contribution in [3.63, 3.8) is 0 Å². The molecule has 8 heteroatoms. The predicted molar refractivity (Wildman–Crippen MR) is 75.3 cm³/mol. The van der Waals surface area contributed by atoms with Crippen LogP contribution in [0.1, 0.15) is 5.56 Å². The molecule has 0 spiro atoms. The zero-order chi connectivity index (χ0) is 15.6. The van der Waals surface area contributed by atoms with Crippen molar-refractivity contribution in [3.8, 4) is 0 Å². The normalized spacial score (nSPS) is 10.6. The van der Waals surface area contributed by atoms with Gasteiger partial charge in [-0.1, -0.05) is 0 Å². The maximum Gasteiger partial charge on any atom is 0.329 e. The number of nitrogens with two attached hydrogens (primary N) is 1. The van der Waals surface area contributed by atoms with E-state index in [-0.39, 0.29) is 24.5 Å². The molecule has 0 bridgehead atoms. The van der Waals surface area contributed by atoms with Crippen molar-refractivity contribution in [2.45, 2.75) is 6.42 Å². The summed E-state index contributed by atoms with van der Waals surface area (Å²) in [6.45, 7) is 0.231. The topological polar surface area (TPSA) is 92.9 Å². The highest BCUT2D eigenvalue weighted by Crippen LogP contribution is 2.11. The summed E-state index contributed by atoms with van der Waals surface area (Å²) in [6, 6.07) is 3.20. The van der Waals surface area contributed by atoms with Crippen LogP contribution in [0, 0.1) is 11.6 Å². The van der Waals surface area contributed by atoms with E-state index in [0.29, 0.717) is 5.56 Å². The van der Waals surface area contributed by atoms with Gasteiger partial charge in [-0.2, -0.15) is 0 Å². The van der Waals surface area contributed by atoms with Gasteiger partial charge in [-0.25, -0.2) is 13.6 Å². The largest absolute Gasteiger partial charge is 0.383 e. The number of rotatable bonds is 4. The van der Waals surface area contributed by atoms with Gasteiger partial charge in [0.05, 0.1) is 0 Å². The summed E-state index contributed by atoms with van der Waals surface area (Å²) < 4.78 is 27.1. The summed E-state index contributed by atoms with van der Waals surface area (Å²) >= 11 is 0. The molecule has 0 fully saturated rings. The quantitative estimate of drug-likeness (QED) is 0.770. The summed E-state index contributed by atoms with van der Waals surface area (Å²) in [5.41, 5.74) is 4.91. The molecule has 1 aromatic carbocycles. The second-order valence-electron chi connectivity index (χ2n) is 4.53. The molecule has 0 aliphatic heterocycles. The molecule has 0 saturated heterocycles. The van der Waals surface area contributed by atoms with Gasteiger partial charge in [0.15, 0.2) is 0 Å². The third-order valence-electron chi connectivity index (χ3n) is 3.01. The van der Waals surface area contributed by atoms with Crippen molar-refractivity contribution in [2.24, 2.45) is 7.05 Å². The van der Waals surface area contributed by atoms with Crippen molar-refractivity contribution in [2.75, 3.05) is 17.6 Å². The van der Waals surface area contributed by atoms with E-state index in [1.54, 1.807) is 0 Å².